The second-order valence-corrected chi connectivity index (χ2v) is 4.93. The number of carbonyl (C=O) groups excluding carboxylic acids is 1. The van der Waals surface area contributed by atoms with Crippen molar-refractivity contribution in [1.29, 1.82) is 0 Å². The van der Waals surface area contributed by atoms with Gasteiger partial charge in [-0.1, -0.05) is 0 Å². The number of hydrogen-bond acceptors (Lipinski definition) is 2. The zero-order valence-electron chi connectivity index (χ0n) is 8.95. The smallest absolute Gasteiger partial charge is 0.307 e. The lowest BCUT2D eigenvalue weighted by molar-refractivity contribution is -0.139. The van der Waals surface area contributed by atoms with E-state index in [9.17, 15) is 9.59 Å². The van der Waals surface area contributed by atoms with Gasteiger partial charge in [-0.3, -0.25) is 9.59 Å². The quantitative estimate of drug-likeness (QED) is 0.720. The van der Waals surface area contributed by atoms with E-state index < -0.39 is 5.97 Å². The number of carboxylic acid groups (broad SMARTS) is 1. The van der Waals surface area contributed by atoms with Gasteiger partial charge < -0.3 is 10.4 Å². The third-order valence-electron chi connectivity index (χ3n) is 3.88. The normalized spacial score (nSPS) is 38.7. The standard InChI is InChI=1S/C11H17NO3/c1-7(13)12-8-2-4-11(5-3-8)6-9(11)10(14)15/h8-9H,2-6H2,1H3,(H,12,13)(H,14,15). The van der Waals surface area contributed by atoms with E-state index >= 15 is 0 Å². The Kier molecular flexibility index (Phi) is 2.44. The van der Waals surface area contributed by atoms with E-state index in [0.717, 1.165) is 32.1 Å². The summed E-state index contributed by atoms with van der Waals surface area (Å²) in [6.07, 6.45) is 4.62. The average Bonchev–Trinajstić information content (AvgIpc) is 2.84. The molecule has 15 heavy (non-hydrogen) atoms. The molecular weight excluding hydrogens is 194 g/mol. The Bertz CT molecular complexity index is 292. The molecule has 0 aromatic heterocycles. The predicted octanol–water partition coefficient (Wildman–Crippen LogP) is 1.16. The molecule has 0 aromatic carbocycles. The Morgan fingerprint density at radius 2 is 1.93 bits per heavy atom. The van der Waals surface area contributed by atoms with Crippen LogP contribution in [0, 0.1) is 11.3 Å². The van der Waals surface area contributed by atoms with E-state index in [1.165, 1.54) is 6.92 Å². The van der Waals surface area contributed by atoms with Crippen LogP contribution < -0.4 is 5.32 Å². The molecule has 0 aromatic rings. The molecular formula is C11H17NO3. The molecule has 2 aliphatic rings. The number of amides is 1. The maximum absolute atomic E-state index is 10.9. The highest BCUT2D eigenvalue weighted by atomic mass is 16.4. The summed E-state index contributed by atoms with van der Waals surface area (Å²) in [4.78, 5) is 21.7. The fraction of sp³-hybridized carbons (Fsp3) is 0.818. The first-order valence-corrected chi connectivity index (χ1v) is 5.53. The Labute approximate surface area is 89.0 Å². The van der Waals surface area contributed by atoms with E-state index in [0.29, 0.717) is 0 Å². The lowest BCUT2D eigenvalue weighted by Gasteiger charge is -2.29. The molecule has 2 rings (SSSR count). The van der Waals surface area contributed by atoms with E-state index in [2.05, 4.69) is 5.32 Å². The number of hydrogen-bond donors (Lipinski definition) is 2. The minimum Gasteiger partial charge on any atom is -0.481 e. The molecule has 2 aliphatic carbocycles. The van der Waals surface area contributed by atoms with Crippen molar-refractivity contribution in [2.45, 2.75) is 45.1 Å². The van der Waals surface area contributed by atoms with Crippen LogP contribution in [0.5, 0.6) is 0 Å². The molecule has 0 saturated heterocycles. The summed E-state index contributed by atoms with van der Waals surface area (Å²) in [5, 5.41) is 11.8. The van der Waals surface area contributed by atoms with Gasteiger partial charge in [0, 0.05) is 13.0 Å². The van der Waals surface area contributed by atoms with Crippen molar-refractivity contribution < 1.29 is 14.7 Å². The molecule has 0 bridgehead atoms. The molecule has 4 heteroatoms. The van der Waals surface area contributed by atoms with Gasteiger partial charge in [-0.15, -0.1) is 0 Å². The highest BCUT2D eigenvalue weighted by Crippen LogP contribution is 2.61. The Balaban J connectivity index is 1.83. The topological polar surface area (TPSA) is 66.4 Å². The van der Waals surface area contributed by atoms with Crippen LogP contribution in [-0.4, -0.2) is 23.0 Å². The molecule has 0 aliphatic heterocycles. The number of carboxylic acids is 1. The average molecular weight is 211 g/mol. The van der Waals surface area contributed by atoms with Crippen molar-refractivity contribution in [2.75, 3.05) is 0 Å². The molecule has 84 valence electrons. The molecule has 1 atom stereocenters. The van der Waals surface area contributed by atoms with Gasteiger partial charge in [-0.25, -0.2) is 0 Å². The van der Waals surface area contributed by atoms with Gasteiger partial charge in [-0.2, -0.15) is 0 Å². The first kappa shape index (κ1) is 10.5. The van der Waals surface area contributed by atoms with Gasteiger partial charge in [-0.05, 0) is 37.5 Å². The van der Waals surface area contributed by atoms with E-state index in [-0.39, 0.29) is 23.3 Å². The van der Waals surface area contributed by atoms with E-state index in [4.69, 9.17) is 5.11 Å². The fourth-order valence-electron chi connectivity index (χ4n) is 2.87. The molecule has 2 saturated carbocycles. The van der Waals surface area contributed by atoms with E-state index in [1.807, 2.05) is 0 Å². The van der Waals surface area contributed by atoms with Gasteiger partial charge in [0.1, 0.15) is 0 Å². The lowest BCUT2D eigenvalue weighted by atomic mass is 9.81. The van der Waals surface area contributed by atoms with Gasteiger partial charge in [0.2, 0.25) is 5.91 Å². The van der Waals surface area contributed by atoms with Crippen molar-refractivity contribution >= 4 is 11.9 Å². The molecule has 0 radical (unpaired) electrons. The Hall–Kier alpha value is -1.06. The summed E-state index contributed by atoms with van der Waals surface area (Å²) in [6, 6.07) is 0.267. The fourth-order valence-corrected chi connectivity index (χ4v) is 2.87. The van der Waals surface area contributed by atoms with Crippen molar-refractivity contribution in [2.24, 2.45) is 11.3 Å². The summed E-state index contributed by atoms with van der Waals surface area (Å²) in [6.45, 7) is 1.53. The minimum absolute atomic E-state index is 0.0153. The minimum atomic E-state index is -0.645. The number of nitrogens with one attached hydrogen (secondary N) is 1. The maximum Gasteiger partial charge on any atom is 0.307 e. The first-order chi connectivity index (χ1) is 7.03. The summed E-state index contributed by atoms with van der Waals surface area (Å²) < 4.78 is 0. The van der Waals surface area contributed by atoms with Gasteiger partial charge in [0.25, 0.3) is 0 Å². The van der Waals surface area contributed by atoms with Crippen LogP contribution >= 0.6 is 0 Å². The SMILES string of the molecule is CC(=O)NC1CCC2(CC1)CC2C(=O)O. The van der Waals surface area contributed by atoms with Gasteiger partial charge in [0.05, 0.1) is 5.92 Å². The number of carbonyl (C=O) groups is 2. The van der Waals surface area contributed by atoms with Crippen LogP contribution in [0.4, 0.5) is 0 Å². The maximum atomic E-state index is 10.9. The monoisotopic (exact) mass is 211 g/mol. The Morgan fingerprint density at radius 3 is 2.33 bits per heavy atom. The predicted molar refractivity (Wildman–Crippen MR) is 54.2 cm³/mol. The molecule has 1 unspecified atom stereocenters. The first-order valence-electron chi connectivity index (χ1n) is 5.53. The number of aliphatic carboxylic acids is 1. The molecule has 1 spiro atoms. The second-order valence-electron chi connectivity index (χ2n) is 4.93. The second kappa shape index (κ2) is 3.51. The van der Waals surface area contributed by atoms with Gasteiger partial charge >= 0.3 is 5.97 Å². The van der Waals surface area contributed by atoms with Crippen LogP contribution in [0.3, 0.4) is 0 Å². The molecule has 2 fully saturated rings. The van der Waals surface area contributed by atoms with Crippen LogP contribution in [0.15, 0.2) is 0 Å². The summed E-state index contributed by atoms with van der Waals surface area (Å²) in [5.74, 6) is -0.745. The number of rotatable bonds is 2. The zero-order chi connectivity index (χ0) is 11.1. The van der Waals surface area contributed by atoms with E-state index in [1.54, 1.807) is 0 Å². The molecule has 1 amide bonds. The third kappa shape index (κ3) is 1.98. The van der Waals surface area contributed by atoms with Crippen molar-refractivity contribution in [3.63, 3.8) is 0 Å². The third-order valence-corrected chi connectivity index (χ3v) is 3.88. The van der Waals surface area contributed by atoms with Crippen LogP contribution in [0.1, 0.15) is 39.0 Å². The molecule has 0 heterocycles. The van der Waals surface area contributed by atoms with Crippen LogP contribution in [0.25, 0.3) is 0 Å². The van der Waals surface area contributed by atoms with Crippen molar-refractivity contribution in [3.05, 3.63) is 0 Å². The largest absolute Gasteiger partial charge is 0.481 e. The highest BCUT2D eigenvalue weighted by molar-refractivity contribution is 5.75. The lowest BCUT2D eigenvalue weighted by Crippen LogP contribution is -2.37. The zero-order valence-corrected chi connectivity index (χ0v) is 8.95. The Morgan fingerprint density at radius 1 is 1.33 bits per heavy atom. The highest BCUT2D eigenvalue weighted by Gasteiger charge is 2.58. The molecule has 2 N–H and O–H groups in total. The van der Waals surface area contributed by atoms with Gasteiger partial charge in [0.15, 0.2) is 0 Å². The summed E-state index contributed by atoms with van der Waals surface area (Å²) >= 11 is 0. The summed E-state index contributed by atoms with van der Waals surface area (Å²) in [5.41, 5.74) is 0.0841. The van der Waals surface area contributed by atoms with Crippen LogP contribution in [-0.2, 0) is 9.59 Å². The van der Waals surface area contributed by atoms with Crippen molar-refractivity contribution in [3.8, 4) is 0 Å². The van der Waals surface area contributed by atoms with Crippen molar-refractivity contribution in [1.82, 2.24) is 5.32 Å². The molecule has 4 nitrogen and oxygen atoms in total. The summed E-state index contributed by atoms with van der Waals surface area (Å²) in [7, 11) is 0. The van der Waals surface area contributed by atoms with Crippen LogP contribution in [0.2, 0.25) is 0 Å².